The van der Waals surface area contributed by atoms with Gasteiger partial charge in [0.25, 0.3) is 5.91 Å². The molecule has 0 radical (unpaired) electrons. The van der Waals surface area contributed by atoms with Crippen molar-refractivity contribution in [3.8, 4) is 0 Å². The number of thiazole rings is 1. The Morgan fingerprint density at radius 3 is 2.67 bits per heavy atom. The molecule has 0 saturated carbocycles. The molecule has 5 nitrogen and oxygen atoms in total. The number of amides is 1. The average Bonchev–Trinajstić information content (AvgIpc) is 3.02. The van der Waals surface area contributed by atoms with E-state index in [0.29, 0.717) is 32.9 Å². The van der Waals surface area contributed by atoms with Crippen molar-refractivity contribution in [1.29, 1.82) is 0 Å². The summed E-state index contributed by atoms with van der Waals surface area (Å²) in [5.41, 5.74) is 2.04. The number of benzene rings is 2. The number of nitrogens with one attached hydrogen (secondary N) is 1. The Bertz CT molecular complexity index is 957. The Morgan fingerprint density at radius 2 is 1.93 bits per heavy atom. The number of aryl methyl sites for hydroxylation is 1. The first-order valence-corrected chi connectivity index (χ1v) is 9.41. The standard InChI is InChI=1S/C20H17ClN2O3S/c1-13-19(18(25)15-8-5-9-16(21)10-15)27-20(22-13)23-17(24)12-26-11-14-6-3-2-4-7-14/h2-10H,11-12H2,1H3,(H,22,23,24). The third-order valence-electron chi connectivity index (χ3n) is 3.68. The highest BCUT2D eigenvalue weighted by atomic mass is 35.5. The van der Waals surface area contributed by atoms with Crippen LogP contribution in [0.25, 0.3) is 0 Å². The van der Waals surface area contributed by atoms with Gasteiger partial charge < -0.3 is 4.74 Å². The number of rotatable bonds is 7. The Labute approximate surface area is 166 Å². The summed E-state index contributed by atoms with van der Waals surface area (Å²) in [6.45, 7) is 1.99. The highest BCUT2D eigenvalue weighted by Crippen LogP contribution is 2.26. The summed E-state index contributed by atoms with van der Waals surface area (Å²) in [5.74, 6) is -0.491. The molecular weight excluding hydrogens is 384 g/mol. The molecule has 1 N–H and O–H groups in total. The van der Waals surface area contributed by atoms with E-state index in [1.165, 1.54) is 0 Å². The predicted molar refractivity (Wildman–Crippen MR) is 106 cm³/mol. The Hall–Kier alpha value is -2.54. The van der Waals surface area contributed by atoms with Crippen LogP contribution in [0.3, 0.4) is 0 Å². The fraction of sp³-hybridized carbons (Fsp3) is 0.150. The van der Waals surface area contributed by atoms with E-state index in [4.69, 9.17) is 16.3 Å². The van der Waals surface area contributed by atoms with Gasteiger partial charge in [0.2, 0.25) is 5.78 Å². The molecule has 0 saturated heterocycles. The molecule has 0 aliphatic heterocycles. The molecule has 0 aliphatic carbocycles. The summed E-state index contributed by atoms with van der Waals surface area (Å²) in [7, 11) is 0. The summed E-state index contributed by atoms with van der Waals surface area (Å²) >= 11 is 7.08. The minimum Gasteiger partial charge on any atom is -0.367 e. The molecule has 3 rings (SSSR count). The Morgan fingerprint density at radius 1 is 1.15 bits per heavy atom. The van der Waals surface area contributed by atoms with Crippen LogP contribution in [-0.4, -0.2) is 23.3 Å². The van der Waals surface area contributed by atoms with Crippen molar-refractivity contribution in [2.24, 2.45) is 0 Å². The number of anilines is 1. The third-order valence-corrected chi connectivity index (χ3v) is 4.99. The summed E-state index contributed by atoms with van der Waals surface area (Å²) in [6.07, 6.45) is 0. The molecule has 0 fully saturated rings. The first kappa shape index (κ1) is 19.2. The van der Waals surface area contributed by atoms with Crippen LogP contribution in [0.5, 0.6) is 0 Å². The van der Waals surface area contributed by atoms with E-state index in [9.17, 15) is 9.59 Å². The largest absolute Gasteiger partial charge is 0.367 e. The molecule has 0 aliphatic rings. The van der Waals surface area contributed by atoms with Crippen LogP contribution in [0.1, 0.15) is 26.5 Å². The van der Waals surface area contributed by atoms with Crippen molar-refractivity contribution in [1.82, 2.24) is 4.98 Å². The number of ether oxygens (including phenoxy) is 1. The minimum absolute atomic E-state index is 0.0922. The van der Waals surface area contributed by atoms with Gasteiger partial charge in [0.05, 0.1) is 17.2 Å². The molecule has 2 aromatic carbocycles. The van der Waals surface area contributed by atoms with Crippen LogP contribution < -0.4 is 5.32 Å². The van der Waals surface area contributed by atoms with Crippen LogP contribution in [-0.2, 0) is 16.1 Å². The van der Waals surface area contributed by atoms with Gasteiger partial charge in [-0.25, -0.2) is 4.98 Å². The second-order valence-electron chi connectivity index (χ2n) is 5.80. The lowest BCUT2D eigenvalue weighted by molar-refractivity contribution is -0.121. The maximum Gasteiger partial charge on any atom is 0.252 e. The van der Waals surface area contributed by atoms with E-state index in [0.717, 1.165) is 16.9 Å². The predicted octanol–water partition coefficient (Wildman–Crippen LogP) is 4.49. The van der Waals surface area contributed by atoms with Crippen molar-refractivity contribution in [2.45, 2.75) is 13.5 Å². The van der Waals surface area contributed by atoms with E-state index in [2.05, 4.69) is 10.3 Å². The summed E-state index contributed by atoms with van der Waals surface area (Å²) < 4.78 is 5.40. The number of hydrogen-bond acceptors (Lipinski definition) is 5. The first-order valence-electron chi connectivity index (χ1n) is 8.22. The van der Waals surface area contributed by atoms with Crippen LogP contribution in [0, 0.1) is 6.92 Å². The highest BCUT2D eigenvalue weighted by molar-refractivity contribution is 7.18. The fourth-order valence-electron chi connectivity index (χ4n) is 2.41. The van der Waals surface area contributed by atoms with Crippen LogP contribution in [0.4, 0.5) is 5.13 Å². The second-order valence-corrected chi connectivity index (χ2v) is 7.24. The van der Waals surface area contributed by atoms with Gasteiger partial charge in [-0.05, 0) is 24.6 Å². The molecule has 27 heavy (non-hydrogen) atoms. The maximum atomic E-state index is 12.6. The summed E-state index contributed by atoms with van der Waals surface area (Å²) in [4.78, 5) is 29.4. The minimum atomic E-state index is -0.318. The molecule has 0 atom stereocenters. The lowest BCUT2D eigenvalue weighted by Gasteiger charge is -2.04. The molecule has 0 bridgehead atoms. The number of hydrogen-bond donors (Lipinski definition) is 1. The Balaban J connectivity index is 1.59. The zero-order valence-corrected chi connectivity index (χ0v) is 16.1. The van der Waals surface area contributed by atoms with Crippen molar-refractivity contribution in [2.75, 3.05) is 11.9 Å². The lowest BCUT2D eigenvalue weighted by Crippen LogP contribution is -2.18. The van der Waals surface area contributed by atoms with Crippen LogP contribution in [0.15, 0.2) is 54.6 Å². The van der Waals surface area contributed by atoms with Gasteiger partial charge in [-0.3, -0.25) is 14.9 Å². The van der Waals surface area contributed by atoms with Crippen molar-refractivity contribution in [3.05, 3.63) is 81.3 Å². The number of ketones is 1. The zero-order chi connectivity index (χ0) is 19.2. The molecule has 0 unspecified atom stereocenters. The molecule has 3 aromatic rings. The van der Waals surface area contributed by atoms with E-state index >= 15 is 0 Å². The number of aromatic nitrogens is 1. The van der Waals surface area contributed by atoms with Crippen molar-refractivity contribution >= 4 is 39.8 Å². The molecular formula is C20H17ClN2O3S. The number of nitrogens with zero attached hydrogens (tertiary/aromatic N) is 1. The molecule has 7 heteroatoms. The van der Waals surface area contributed by atoms with Gasteiger partial charge in [0, 0.05) is 10.6 Å². The van der Waals surface area contributed by atoms with E-state index in [1.54, 1.807) is 31.2 Å². The normalized spacial score (nSPS) is 10.6. The maximum absolute atomic E-state index is 12.6. The van der Waals surface area contributed by atoms with Crippen molar-refractivity contribution in [3.63, 3.8) is 0 Å². The smallest absolute Gasteiger partial charge is 0.252 e. The number of halogens is 1. The molecule has 1 aromatic heterocycles. The summed E-state index contributed by atoms with van der Waals surface area (Å²) in [6, 6.07) is 16.3. The molecule has 1 amide bonds. The van der Waals surface area contributed by atoms with Gasteiger partial charge in [0.1, 0.15) is 6.61 Å². The second kappa shape index (κ2) is 8.90. The molecule has 1 heterocycles. The van der Waals surface area contributed by atoms with Gasteiger partial charge in [0.15, 0.2) is 5.13 Å². The van der Waals surface area contributed by atoms with Crippen molar-refractivity contribution < 1.29 is 14.3 Å². The first-order chi connectivity index (χ1) is 13.0. The van der Waals surface area contributed by atoms with Gasteiger partial charge in [-0.1, -0.05) is 65.4 Å². The molecule has 0 spiro atoms. The quantitative estimate of drug-likeness (QED) is 0.593. The third kappa shape index (κ3) is 5.23. The van der Waals surface area contributed by atoms with E-state index < -0.39 is 0 Å². The number of carbonyl (C=O) groups is 2. The number of carbonyl (C=O) groups excluding carboxylic acids is 2. The van der Waals surface area contributed by atoms with E-state index in [1.807, 2.05) is 30.3 Å². The SMILES string of the molecule is Cc1nc(NC(=O)COCc2ccccc2)sc1C(=O)c1cccc(Cl)c1. The highest BCUT2D eigenvalue weighted by Gasteiger charge is 2.18. The van der Waals surface area contributed by atoms with Gasteiger partial charge in [-0.15, -0.1) is 0 Å². The fourth-order valence-corrected chi connectivity index (χ4v) is 3.55. The average molecular weight is 401 g/mol. The summed E-state index contributed by atoms with van der Waals surface area (Å²) in [5, 5.41) is 3.53. The van der Waals surface area contributed by atoms with Crippen LogP contribution in [0.2, 0.25) is 5.02 Å². The lowest BCUT2D eigenvalue weighted by atomic mass is 10.1. The van der Waals surface area contributed by atoms with Gasteiger partial charge in [-0.2, -0.15) is 0 Å². The Kier molecular flexibility index (Phi) is 6.34. The van der Waals surface area contributed by atoms with Gasteiger partial charge >= 0.3 is 0 Å². The zero-order valence-electron chi connectivity index (χ0n) is 14.6. The molecule has 138 valence electrons. The van der Waals surface area contributed by atoms with Crippen LogP contribution >= 0.6 is 22.9 Å². The monoisotopic (exact) mass is 400 g/mol. The topological polar surface area (TPSA) is 68.3 Å². The van der Waals surface area contributed by atoms with E-state index in [-0.39, 0.29) is 18.3 Å².